The summed E-state index contributed by atoms with van der Waals surface area (Å²) in [7, 11) is 2.11. The van der Waals surface area contributed by atoms with Gasteiger partial charge in [-0.15, -0.1) is 0 Å². The third-order valence-corrected chi connectivity index (χ3v) is 7.22. The fraction of sp³-hybridized carbons (Fsp3) is 0.455. The molecule has 3 aromatic rings. The summed E-state index contributed by atoms with van der Waals surface area (Å²) < 4.78 is 42.9. The molecule has 0 bridgehead atoms. The summed E-state index contributed by atoms with van der Waals surface area (Å²) in [6, 6.07) is 4.51. The summed E-state index contributed by atoms with van der Waals surface area (Å²) in [5, 5.41) is 0.840. The summed E-state index contributed by atoms with van der Waals surface area (Å²) in [4.78, 5) is 13.2. The van der Waals surface area contributed by atoms with E-state index in [9.17, 15) is 13.2 Å². The van der Waals surface area contributed by atoms with Crippen LogP contribution in [0, 0.1) is 5.41 Å². The average molecular weight is 484 g/mol. The number of likely N-dealkylation sites (tertiary alicyclic amines) is 1. The maximum Gasteiger partial charge on any atom is 0.418 e. The summed E-state index contributed by atoms with van der Waals surface area (Å²) >= 11 is 12.3. The van der Waals surface area contributed by atoms with Crippen molar-refractivity contribution in [3.63, 3.8) is 0 Å². The lowest BCUT2D eigenvalue weighted by atomic mass is 9.79. The van der Waals surface area contributed by atoms with Gasteiger partial charge in [-0.05, 0) is 44.6 Å². The Labute approximate surface area is 193 Å². The van der Waals surface area contributed by atoms with E-state index in [1.807, 2.05) is 4.90 Å². The van der Waals surface area contributed by atoms with Crippen molar-refractivity contribution in [2.75, 3.05) is 38.1 Å². The molecule has 32 heavy (non-hydrogen) atoms. The van der Waals surface area contributed by atoms with Crippen LogP contribution in [0.3, 0.4) is 0 Å². The predicted octanol–water partition coefficient (Wildman–Crippen LogP) is 5.51. The van der Waals surface area contributed by atoms with Gasteiger partial charge in [0.2, 0.25) is 5.95 Å². The second-order valence-electron chi connectivity index (χ2n) is 9.04. The Bertz CT molecular complexity index is 1190. The number of benzene rings is 1. The van der Waals surface area contributed by atoms with Crippen LogP contribution in [0.2, 0.25) is 10.0 Å². The van der Waals surface area contributed by atoms with Gasteiger partial charge in [0.15, 0.2) is 0 Å². The minimum absolute atomic E-state index is 0.0194. The van der Waals surface area contributed by atoms with Gasteiger partial charge in [-0.3, -0.25) is 0 Å². The van der Waals surface area contributed by atoms with Crippen LogP contribution in [-0.4, -0.2) is 52.7 Å². The number of aromatic nitrogens is 3. The van der Waals surface area contributed by atoms with Crippen LogP contribution in [0.15, 0.2) is 30.6 Å². The number of hydrogen-bond donors (Lipinski definition) is 0. The number of rotatable bonds is 3. The van der Waals surface area contributed by atoms with Crippen molar-refractivity contribution in [1.82, 2.24) is 19.4 Å². The topological polar surface area (TPSA) is 37.2 Å². The van der Waals surface area contributed by atoms with E-state index < -0.39 is 17.8 Å². The molecule has 0 amide bonds. The molecule has 0 aliphatic carbocycles. The highest BCUT2D eigenvalue weighted by molar-refractivity contribution is 6.35. The van der Waals surface area contributed by atoms with Gasteiger partial charge >= 0.3 is 6.18 Å². The van der Waals surface area contributed by atoms with Crippen molar-refractivity contribution in [3.8, 4) is 0 Å². The summed E-state index contributed by atoms with van der Waals surface area (Å²) in [6.07, 6.45) is -1.02. The fourth-order valence-corrected chi connectivity index (χ4v) is 5.57. The first-order chi connectivity index (χ1) is 15.1. The minimum Gasteiger partial charge on any atom is -0.339 e. The van der Waals surface area contributed by atoms with E-state index in [2.05, 4.69) is 21.9 Å². The second kappa shape index (κ2) is 7.50. The van der Waals surface area contributed by atoms with Gasteiger partial charge in [-0.2, -0.15) is 18.2 Å². The van der Waals surface area contributed by atoms with Crippen LogP contribution in [0.5, 0.6) is 0 Å². The van der Waals surface area contributed by atoms with Crippen LogP contribution in [0.1, 0.15) is 30.5 Å². The SMILES string of the molecule is C[C@H](c1ccc(Cl)cc1Cl)n1cc(C(F)(F)F)c2cnc(N3CC4(CCN(C)C4)C3)nc21. The zero-order chi connectivity index (χ0) is 22.8. The highest BCUT2D eigenvalue weighted by Crippen LogP contribution is 2.42. The first-order valence-electron chi connectivity index (χ1n) is 10.4. The van der Waals surface area contributed by atoms with Gasteiger partial charge in [0.05, 0.1) is 11.6 Å². The van der Waals surface area contributed by atoms with Crippen molar-refractivity contribution in [1.29, 1.82) is 0 Å². The molecule has 170 valence electrons. The van der Waals surface area contributed by atoms with Crippen molar-refractivity contribution >= 4 is 40.2 Å². The van der Waals surface area contributed by atoms with E-state index in [4.69, 9.17) is 23.2 Å². The van der Waals surface area contributed by atoms with E-state index in [0.29, 0.717) is 21.6 Å². The van der Waals surface area contributed by atoms with Gasteiger partial charge in [-0.1, -0.05) is 29.3 Å². The van der Waals surface area contributed by atoms with Crippen LogP contribution in [-0.2, 0) is 6.18 Å². The molecule has 1 atom stereocenters. The molecular weight excluding hydrogens is 462 g/mol. The minimum atomic E-state index is -4.52. The molecule has 1 spiro atoms. The molecule has 2 fully saturated rings. The average Bonchev–Trinajstić information content (AvgIpc) is 3.27. The maximum absolute atomic E-state index is 13.8. The first-order valence-corrected chi connectivity index (χ1v) is 11.2. The van der Waals surface area contributed by atoms with E-state index >= 15 is 0 Å². The molecule has 0 saturated carbocycles. The normalized spacial score (nSPS) is 19.7. The monoisotopic (exact) mass is 483 g/mol. The Morgan fingerprint density at radius 2 is 1.91 bits per heavy atom. The maximum atomic E-state index is 13.8. The van der Waals surface area contributed by atoms with E-state index in [1.165, 1.54) is 10.8 Å². The van der Waals surface area contributed by atoms with E-state index in [1.54, 1.807) is 25.1 Å². The number of fused-ring (bicyclic) bond motifs is 1. The number of alkyl halides is 3. The first kappa shape index (κ1) is 21.8. The summed E-state index contributed by atoms with van der Waals surface area (Å²) in [5.41, 5.74) is 0.383. The number of anilines is 1. The Morgan fingerprint density at radius 3 is 2.53 bits per heavy atom. The number of hydrogen-bond acceptors (Lipinski definition) is 4. The van der Waals surface area contributed by atoms with Crippen LogP contribution in [0.25, 0.3) is 11.0 Å². The van der Waals surface area contributed by atoms with Crippen molar-refractivity contribution in [3.05, 3.63) is 51.8 Å². The van der Waals surface area contributed by atoms with Crippen molar-refractivity contribution in [2.45, 2.75) is 25.6 Å². The third-order valence-electron chi connectivity index (χ3n) is 6.66. The van der Waals surface area contributed by atoms with Gasteiger partial charge in [0.25, 0.3) is 0 Å². The van der Waals surface area contributed by atoms with Crippen molar-refractivity contribution in [2.24, 2.45) is 5.41 Å². The molecule has 10 heteroatoms. The number of halogens is 5. The van der Waals surface area contributed by atoms with Gasteiger partial charge in [0, 0.05) is 52.9 Å². The summed E-state index contributed by atoms with van der Waals surface area (Å²) in [5.74, 6) is 0.458. The Morgan fingerprint density at radius 1 is 1.16 bits per heavy atom. The van der Waals surface area contributed by atoms with Crippen LogP contribution < -0.4 is 4.90 Å². The highest BCUT2D eigenvalue weighted by atomic mass is 35.5. The molecule has 2 aliphatic heterocycles. The van der Waals surface area contributed by atoms with Crippen LogP contribution in [0.4, 0.5) is 19.1 Å². The quantitative estimate of drug-likeness (QED) is 0.492. The Kier molecular flexibility index (Phi) is 5.11. The lowest BCUT2D eigenvalue weighted by Gasteiger charge is -2.48. The van der Waals surface area contributed by atoms with E-state index in [-0.39, 0.29) is 16.4 Å². The molecular formula is C22H22Cl2F3N5. The highest BCUT2D eigenvalue weighted by Gasteiger charge is 2.47. The molecule has 2 saturated heterocycles. The van der Waals surface area contributed by atoms with Gasteiger partial charge in [0.1, 0.15) is 5.65 Å². The molecule has 5 nitrogen and oxygen atoms in total. The third kappa shape index (κ3) is 3.62. The largest absolute Gasteiger partial charge is 0.418 e. The molecule has 1 aromatic carbocycles. The predicted molar refractivity (Wildman–Crippen MR) is 120 cm³/mol. The smallest absolute Gasteiger partial charge is 0.339 e. The lowest BCUT2D eigenvalue weighted by Crippen LogP contribution is -2.58. The fourth-order valence-electron chi connectivity index (χ4n) is 5.01. The zero-order valence-electron chi connectivity index (χ0n) is 17.6. The lowest BCUT2D eigenvalue weighted by molar-refractivity contribution is -0.136. The van der Waals surface area contributed by atoms with Crippen molar-refractivity contribution < 1.29 is 13.2 Å². The molecule has 4 heterocycles. The van der Waals surface area contributed by atoms with E-state index in [0.717, 1.165) is 38.8 Å². The van der Waals surface area contributed by atoms with Gasteiger partial charge in [-0.25, -0.2) is 4.98 Å². The molecule has 0 unspecified atom stereocenters. The Balaban J connectivity index is 1.55. The molecule has 2 aliphatic rings. The zero-order valence-corrected chi connectivity index (χ0v) is 19.1. The number of nitrogens with zero attached hydrogens (tertiary/aromatic N) is 5. The van der Waals surface area contributed by atoms with Crippen LogP contribution >= 0.6 is 23.2 Å². The molecule has 0 N–H and O–H groups in total. The van der Waals surface area contributed by atoms with Gasteiger partial charge < -0.3 is 14.4 Å². The summed E-state index contributed by atoms with van der Waals surface area (Å²) in [6.45, 7) is 5.50. The molecule has 2 aromatic heterocycles. The molecule has 0 radical (unpaired) electrons. The standard InChI is InChI=1S/C22H22Cl2F3N5/c1-13(15-4-3-14(23)7-18(15)24)32-9-17(22(25,26)27)16-8-28-20(29-19(16)32)31-11-21(12-31)5-6-30(2)10-21/h3-4,7-9,13H,5-6,10-12H2,1-2H3/t13-/m1/s1. The second-order valence-corrected chi connectivity index (χ2v) is 9.88. The molecule has 5 rings (SSSR count). The Hall–Kier alpha value is -2.03.